The number of hydrogen-bond donors (Lipinski definition) is 2. The number of nitrogens with one attached hydrogen (secondary N) is 1. The first-order valence-electron chi connectivity index (χ1n) is 7.45. The van der Waals surface area contributed by atoms with E-state index in [-0.39, 0.29) is 18.0 Å². The lowest BCUT2D eigenvalue weighted by Gasteiger charge is -2.17. The number of aromatic nitrogens is 1. The normalized spacial score (nSPS) is 19.3. The van der Waals surface area contributed by atoms with Crippen LogP contribution in [0, 0.1) is 0 Å². The van der Waals surface area contributed by atoms with Crippen LogP contribution in [0.25, 0.3) is 0 Å². The predicted octanol–water partition coefficient (Wildman–Crippen LogP) is 0.794. The summed E-state index contributed by atoms with van der Waals surface area (Å²) >= 11 is 0. The van der Waals surface area contributed by atoms with Crippen LogP contribution in [0.2, 0.25) is 0 Å². The molecule has 0 saturated carbocycles. The van der Waals surface area contributed by atoms with Gasteiger partial charge in [-0.05, 0) is 48.2 Å². The number of hydrogen-bond acceptors (Lipinski definition) is 5. The molecule has 8 heteroatoms. The lowest BCUT2D eigenvalue weighted by Crippen LogP contribution is -2.30. The summed E-state index contributed by atoms with van der Waals surface area (Å²) in [6.07, 6.45) is 5.49. The number of anilines is 1. The molecule has 0 spiro atoms. The second-order valence-corrected chi connectivity index (χ2v) is 7.20. The summed E-state index contributed by atoms with van der Waals surface area (Å²) in [7, 11) is -3.81. The van der Waals surface area contributed by atoms with Crippen molar-refractivity contribution in [3.63, 3.8) is 0 Å². The van der Waals surface area contributed by atoms with E-state index in [2.05, 4.69) is 9.71 Å². The van der Waals surface area contributed by atoms with Crippen LogP contribution in [0.4, 0.5) is 5.69 Å². The number of carbonyl (C=O) groups excluding carboxylic acids is 1. The average molecular weight is 347 g/mol. The van der Waals surface area contributed by atoms with E-state index in [0.717, 1.165) is 21.9 Å². The van der Waals surface area contributed by atoms with E-state index in [1.165, 1.54) is 0 Å². The third kappa shape index (κ3) is 3.39. The molecular formula is C16H17N3O4S. The number of aryl methyl sites for hydroxylation is 2. The van der Waals surface area contributed by atoms with Crippen molar-refractivity contribution >= 4 is 22.2 Å². The van der Waals surface area contributed by atoms with Crippen LogP contribution in [0.15, 0.2) is 42.7 Å². The number of benzene rings is 1. The topological polar surface area (TPSA) is 99.6 Å². The highest BCUT2D eigenvalue weighted by molar-refractivity contribution is 7.91. The Bertz CT molecular complexity index is 840. The lowest BCUT2D eigenvalue weighted by atomic mass is 10.0. The monoisotopic (exact) mass is 347 g/mol. The first-order valence-corrected chi connectivity index (χ1v) is 8.90. The van der Waals surface area contributed by atoms with E-state index in [1.54, 1.807) is 30.6 Å². The average Bonchev–Trinajstić information content (AvgIpc) is 2.89. The van der Waals surface area contributed by atoms with Crippen molar-refractivity contribution in [2.75, 3.05) is 10.8 Å². The molecule has 126 valence electrons. The molecule has 0 amide bonds. The summed E-state index contributed by atoms with van der Waals surface area (Å²) in [6.45, 7) is -0.0320. The fourth-order valence-electron chi connectivity index (χ4n) is 2.64. The van der Waals surface area contributed by atoms with Gasteiger partial charge in [-0.15, -0.1) is 0 Å². The van der Waals surface area contributed by atoms with Gasteiger partial charge in [0.15, 0.2) is 0 Å². The van der Waals surface area contributed by atoms with Crippen LogP contribution in [0.3, 0.4) is 0 Å². The Balaban J connectivity index is 1.77. The van der Waals surface area contributed by atoms with Gasteiger partial charge < -0.3 is 9.90 Å². The molecule has 0 bridgehead atoms. The molecule has 3 rings (SSSR count). The predicted molar refractivity (Wildman–Crippen MR) is 89.0 cm³/mol. The third-order valence-corrected chi connectivity index (χ3v) is 5.40. The van der Waals surface area contributed by atoms with Gasteiger partial charge in [-0.2, -0.15) is 13.1 Å². The first-order chi connectivity index (χ1) is 11.5. The minimum atomic E-state index is -3.81. The van der Waals surface area contributed by atoms with Crippen molar-refractivity contribution < 1.29 is 18.3 Å². The van der Waals surface area contributed by atoms with Crippen LogP contribution in [-0.2, 0) is 27.8 Å². The van der Waals surface area contributed by atoms with Gasteiger partial charge in [0.2, 0.25) is 0 Å². The summed E-state index contributed by atoms with van der Waals surface area (Å²) in [5.74, 6) is -0.126. The molecule has 0 radical (unpaired) electrons. The van der Waals surface area contributed by atoms with E-state index in [1.807, 2.05) is 12.1 Å². The van der Waals surface area contributed by atoms with E-state index < -0.39 is 16.3 Å². The minimum Gasteiger partial charge on any atom is -0.506 e. The smallest absolute Gasteiger partial charge is 0.302 e. The molecular weight excluding hydrogens is 330 g/mol. The van der Waals surface area contributed by atoms with Crippen molar-refractivity contribution in [1.29, 1.82) is 0 Å². The molecule has 1 aromatic carbocycles. The van der Waals surface area contributed by atoms with Gasteiger partial charge >= 0.3 is 10.2 Å². The molecule has 1 aliphatic heterocycles. The number of aldehydes is 1. The summed E-state index contributed by atoms with van der Waals surface area (Å²) in [4.78, 5) is 14.8. The molecule has 2 N–H and O–H groups in total. The minimum absolute atomic E-state index is 0.0320. The van der Waals surface area contributed by atoms with Gasteiger partial charge in [-0.25, -0.2) is 0 Å². The Morgan fingerprint density at radius 3 is 2.54 bits per heavy atom. The molecule has 2 heterocycles. The van der Waals surface area contributed by atoms with E-state index in [9.17, 15) is 18.3 Å². The molecule has 1 saturated heterocycles. The Morgan fingerprint density at radius 2 is 1.92 bits per heavy atom. The van der Waals surface area contributed by atoms with Crippen LogP contribution in [-0.4, -0.2) is 37.4 Å². The zero-order chi connectivity index (χ0) is 17.2. The van der Waals surface area contributed by atoms with Gasteiger partial charge in [0, 0.05) is 12.4 Å². The van der Waals surface area contributed by atoms with Crippen LogP contribution in [0.1, 0.15) is 11.1 Å². The number of carbonyl (C=O) groups is 1. The SMILES string of the molecule is O=CC1CN(c2ccc(CCc3ccncc3)cc2O)S(=O)(=O)N1. The number of pyridine rings is 1. The van der Waals surface area contributed by atoms with Gasteiger partial charge in [-0.1, -0.05) is 6.07 Å². The van der Waals surface area contributed by atoms with Crippen molar-refractivity contribution in [1.82, 2.24) is 9.71 Å². The number of phenolic OH excluding ortho intramolecular Hbond substituents is 1. The van der Waals surface area contributed by atoms with Crippen LogP contribution >= 0.6 is 0 Å². The summed E-state index contributed by atoms with van der Waals surface area (Å²) in [6, 6.07) is 7.94. The molecule has 2 aromatic rings. The van der Waals surface area contributed by atoms with Gasteiger partial charge in [0.25, 0.3) is 0 Å². The molecule has 1 fully saturated rings. The van der Waals surface area contributed by atoms with Gasteiger partial charge in [0.05, 0.1) is 18.3 Å². The number of rotatable bonds is 5. The fraction of sp³-hybridized carbons (Fsp3) is 0.250. The van der Waals surface area contributed by atoms with Gasteiger partial charge in [-0.3, -0.25) is 9.29 Å². The Hall–Kier alpha value is -2.45. The number of nitrogens with zero attached hydrogens (tertiary/aromatic N) is 2. The maximum atomic E-state index is 12.0. The number of phenols is 1. The van der Waals surface area contributed by atoms with Crippen molar-refractivity contribution in [3.8, 4) is 5.75 Å². The summed E-state index contributed by atoms with van der Waals surface area (Å²) < 4.78 is 27.3. The van der Waals surface area contributed by atoms with E-state index in [4.69, 9.17) is 0 Å². The molecule has 1 atom stereocenters. The maximum Gasteiger partial charge on any atom is 0.302 e. The second kappa shape index (κ2) is 6.58. The first kappa shape index (κ1) is 16.4. The standard InChI is InChI=1S/C16H17N3O4S/c20-11-14-10-19(24(22,23)18-14)15-4-3-13(9-16(15)21)2-1-12-5-7-17-8-6-12/h3-9,11,14,18,21H,1-2,10H2. The Kier molecular flexibility index (Phi) is 4.50. The third-order valence-electron chi connectivity index (χ3n) is 3.88. The van der Waals surface area contributed by atoms with Gasteiger partial charge in [0.1, 0.15) is 12.0 Å². The lowest BCUT2D eigenvalue weighted by molar-refractivity contribution is -0.108. The molecule has 24 heavy (non-hydrogen) atoms. The summed E-state index contributed by atoms with van der Waals surface area (Å²) in [5, 5.41) is 10.2. The van der Waals surface area contributed by atoms with Crippen molar-refractivity contribution in [2.45, 2.75) is 18.9 Å². The molecule has 1 aromatic heterocycles. The zero-order valence-electron chi connectivity index (χ0n) is 12.8. The van der Waals surface area contributed by atoms with E-state index in [0.29, 0.717) is 12.7 Å². The highest BCUT2D eigenvalue weighted by atomic mass is 32.2. The largest absolute Gasteiger partial charge is 0.506 e. The van der Waals surface area contributed by atoms with Crippen molar-refractivity contribution in [3.05, 3.63) is 53.9 Å². The highest BCUT2D eigenvalue weighted by Crippen LogP contribution is 2.32. The maximum absolute atomic E-state index is 12.0. The Labute approximate surface area is 140 Å². The molecule has 7 nitrogen and oxygen atoms in total. The fourth-order valence-corrected chi connectivity index (χ4v) is 4.05. The molecule has 0 aliphatic carbocycles. The zero-order valence-corrected chi connectivity index (χ0v) is 13.6. The second-order valence-electron chi connectivity index (χ2n) is 5.58. The quantitative estimate of drug-likeness (QED) is 0.779. The van der Waals surface area contributed by atoms with Crippen LogP contribution < -0.4 is 9.03 Å². The van der Waals surface area contributed by atoms with Crippen molar-refractivity contribution in [2.24, 2.45) is 0 Å². The Morgan fingerprint density at radius 1 is 1.21 bits per heavy atom. The molecule has 1 unspecified atom stereocenters. The van der Waals surface area contributed by atoms with Crippen LogP contribution in [0.5, 0.6) is 5.75 Å². The summed E-state index contributed by atoms with van der Waals surface area (Å²) in [5.41, 5.74) is 2.19. The van der Waals surface area contributed by atoms with E-state index >= 15 is 0 Å². The molecule has 1 aliphatic rings. The number of aromatic hydroxyl groups is 1. The highest BCUT2D eigenvalue weighted by Gasteiger charge is 2.36.